The van der Waals surface area contributed by atoms with E-state index in [1.54, 1.807) is 32.0 Å². The lowest BCUT2D eigenvalue weighted by Gasteiger charge is -2.15. The Kier molecular flexibility index (Phi) is 6.33. The SMILES string of the molecule is Cc1cc(NS(=O)(=O)c2ccc(NC(=O)C(C)Oc3ccc(Cl)c(C)c3)cc2)no1. The third-order valence-corrected chi connectivity index (χ3v) is 5.91. The molecule has 0 aliphatic heterocycles. The van der Waals surface area contributed by atoms with E-state index >= 15 is 0 Å². The van der Waals surface area contributed by atoms with Gasteiger partial charge in [-0.15, -0.1) is 0 Å². The van der Waals surface area contributed by atoms with Crippen molar-refractivity contribution < 1.29 is 22.5 Å². The predicted octanol–water partition coefficient (Wildman–Crippen LogP) is 4.15. The molecule has 8 nitrogen and oxygen atoms in total. The molecule has 2 N–H and O–H groups in total. The largest absolute Gasteiger partial charge is 0.481 e. The molecule has 1 amide bonds. The van der Waals surface area contributed by atoms with Crippen molar-refractivity contribution in [2.45, 2.75) is 31.8 Å². The minimum Gasteiger partial charge on any atom is -0.481 e. The van der Waals surface area contributed by atoms with Crippen LogP contribution in [0.4, 0.5) is 11.5 Å². The lowest BCUT2D eigenvalue weighted by Crippen LogP contribution is -2.30. The first-order valence-corrected chi connectivity index (χ1v) is 10.8. The smallest absolute Gasteiger partial charge is 0.265 e. The monoisotopic (exact) mass is 449 g/mol. The molecule has 0 bridgehead atoms. The van der Waals surface area contributed by atoms with Gasteiger partial charge in [-0.05, 0) is 68.8 Å². The van der Waals surface area contributed by atoms with Crippen molar-refractivity contribution >= 4 is 39.0 Å². The first kappa shape index (κ1) is 21.7. The number of carbonyl (C=O) groups excluding carboxylic acids is 1. The summed E-state index contributed by atoms with van der Waals surface area (Å²) < 4.78 is 37.6. The van der Waals surface area contributed by atoms with Crippen molar-refractivity contribution in [2.75, 3.05) is 10.0 Å². The Morgan fingerprint density at radius 2 is 1.83 bits per heavy atom. The summed E-state index contributed by atoms with van der Waals surface area (Å²) in [6, 6.07) is 12.3. The number of nitrogens with one attached hydrogen (secondary N) is 2. The van der Waals surface area contributed by atoms with Crippen LogP contribution in [0.1, 0.15) is 18.2 Å². The van der Waals surface area contributed by atoms with Crippen LogP contribution in [0.3, 0.4) is 0 Å². The fourth-order valence-corrected chi connectivity index (χ4v) is 3.62. The van der Waals surface area contributed by atoms with Crippen molar-refractivity contribution in [2.24, 2.45) is 0 Å². The van der Waals surface area contributed by atoms with Crippen LogP contribution in [0.15, 0.2) is 57.9 Å². The van der Waals surface area contributed by atoms with Crippen LogP contribution in [-0.4, -0.2) is 25.6 Å². The highest BCUT2D eigenvalue weighted by Crippen LogP contribution is 2.22. The van der Waals surface area contributed by atoms with Gasteiger partial charge in [-0.2, -0.15) is 0 Å². The summed E-state index contributed by atoms with van der Waals surface area (Å²) >= 11 is 5.99. The number of aromatic nitrogens is 1. The van der Waals surface area contributed by atoms with Gasteiger partial charge in [-0.1, -0.05) is 16.8 Å². The van der Waals surface area contributed by atoms with Crippen molar-refractivity contribution in [3.05, 3.63) is 64.9 Å². The number of amides is 1. The van der Waals surface area contributed by atoms with E-state index in [1.165, 1.54) is 30.3 Å². The maximum absolute atomic E-state index is 12.4. The van der Waals surface area contributed by atoms with Gasteiger partial charge in [-0.25, -0.2) is 8.42 Å². The molecule has 30 heavy (non-hydrogen) atoms. The van der Waals surface area contributed by atoms with E-state index in [0.717, 1.165) is 5.56 Å². The molecule has 0 saturated heterocycles. The molecule has 2 aromatic carbocycles. The van der Waals surface area contributed by atoms with Crippen molar-refractivity contribution in [1.29, 1.82) is 0 Å². The summed E-state index contributed by atoms with van der Waals surface area (Å²) in [7, 11) is -3.83. The number of carbonyl (C=O) groups is 1. The summed E-state index contributed by atoms with van der Waals surface area (Å²) in [5.74, 6) is 0.716. The van der Waals surface area contributed by atoms with E-state index in [2.05, 4.69) is 15.2 Å². The van der Waals surface area contributed by atoms with E-state index in [9.17, 15) is 13.2 Å². The standard InChI is InChI=1S/C20H20ClN3O5S/c1-12-10-16(6-9-18(12)21)28-14(3)20(25)22-15-4-7-17(8-5-15)30(26,27)24-19-11-13(2)29-23-19/h4-11,14H,1-3H3,(H,22,25)(H,23,24). The number of anilines is 2. The molecular formula is C20H20ClN3O5S. The molecule has 158 valence electrons. The molecule has 3 aromatic rings. The average molecular weight is 450 g/mol. The Labute approximate surface area is 179 Å². The molecule has 3 rings (SSSR count). The Bertz CT molecular complexity index is 1160. The summed E-state index contributed by atoms with van der Waals surface area (Å²) in [6.07, 6.45) is -0.772. The lowest BCUT2D eigenvalue weighted by atomic mass is 10.2. The molecule has 0 radical (unpaired) electrons. The zero-order valence-corrected chi connectivity index (χ0v) is 18.0. The van der Waals surface area contributed by atoms with Gasteiger partial charge in [0, 0.05) is 16.8 Å². The number of benzene rings is 2. The normalized spacial score (nSPS) is 12.3. The van der Waals surface area contributed by atoms with Gasteiger partial charge in [0.05, 0.1) is 4.90 Å². The second kappa shape index (κ2) is 8.76. The Morgan fingerprint density at radius 1 is 1.13 bits per heavy atom. The van der Waals surface area contributed by atoms with Crippen LogP contribution in [0, 0.1) is 13.8 Å². The second-order valence-corrected chi connectivity index (χ2v) is 8.70. The number of rotatable bonds is 7. The van der Waals surface area contributed by atoms with Gasteiger partial charge >= 0.3 is 0 Å². The van der Waals surface area contributed by atoms with E-state index in [1.807, 2.05) is 6.92 Å². The number of hydrogen-bond donors (Lipinski definition) is 2. The molecule has 10 heteroatoms. The number of aryl methyl sites for hydroxylation is 2. The molecule has 1 heterocycles. The zero-order valence-electron chi connectivity index (χ0n) is 16.5. The molecule has 0 aliphatic carbocycles. The molecule has 0 aliphatic rings. The second-order valence-electron chi connectivity index (χ2n) is 6.61. The fourth-order valence-electron chi connectivity index (χ4n) is 2.52. The molecule has 0 spiro atoms. The van der Waals surface area contributed by atoms with Crippen molar-refractivity contribution in [3.8, 4) is 5.75 Å². The first-order chi connectivity index (χ1) is 14.1. The summed E-state index contributed by atoms with van der Waals surface area (Å²) in [6.45, 7) is 5.11. The van der Waals surface area contributed by atoms with Gasteiger partial charge in [0.25, 0.3) is 15.9 Å². The van der Waals surface area contributed by atoms with Crippen LogP contribution in [0.5, 0.6) is 5.75 Å². The summed E-state index contributed by atoms with van der Waals surface area (Å²) in [5, 5.41) is 6.90. The minimum absolute atomic E-state index is 0.0158. The average Bonchev–Trinajstić information content (AvgIpc) is 3.09. The molecule has 1 unspecified atom stereocenters. The highest BCUT2D eigenvalue weighted by Gasteiger charge is 2.18. The first-order valence-electron chi connectivity index (χ1n) is 8.94. The number of hydrogen-bond acceptors (Lipinski definition) is 6. The van der Waals surface area contributed by atoms with Crippen LogP contribution in [-0.2, 0) is 14.8 Å². The Morgan fingerprint density at radius 3 is 2.43 bits per heavy atom. The van der Waals surface area contributed by atoms with E-state index in [4.69, 9.17) is 20.9 Å². The summed E-state index contributed by atoms with van der Waals surface area (Å²) in [4.78, 5) is 12.4. The Balaban J connectivity index is 1.62. The molecule has 0 saturated carbocycles. The highest BCUT2D eigenvalue weighted by molar-refractivity contribution is 7.92. The third-order valence-electron chi connectivity index (χ3n) is 4.11. The van der Waals surface area contributed by atoms with Gasteiger partial charge in [0.2, 0.25) is 0 Å². The van der Waals surface area contributed by atoms with Gasteiger partial charge in [-0.3, -0.25) is 9.52 Å². The molecule has 1 aromatic heterocycles. The van der Waals surface area contributed by atoms with Crippen LogP contribution in [0.2, 0.25) is 5.02 Å². The van der Waals surface area contributed by atoms with Crippen molar-refractivity contribution in [3.63, 3.8) is 0 Å². The maximum Gasteiger partial charge on any atom is 0.265 e. The lowest BCUT2D eigenvalue weighted by molar-refractivity contribution is -0.122. The number of ether oxygens (including phenoxy) is 1. The quantitative estimate of drug-likeness (QED) is 0.560. The van der Waals surface area contributed by atoms with E-state index < -0.39 is 16.1 Å². The van der Waals surface area contributed by atoms with Gasteiger partial charge in [0.1, 0.15) is 11.5 Å². The number of halogens is 1. The molecule has 1 atom stereocenters. The van der Waals surface area contributed by atoms with Crippen LogP contribution in [0.25, 0.3) is 0 Å². The predicted molar refractivity (Wildman–Crippen MR) is 113 cm³/mol. The van der Waals surface area contributed by atoms with Crippen molar-refractivity contribution in [1.82, 2.24) is 5.16 Å². The van der Waals surface area contributed by atoms with Gasteiger partial charge in [0.15, 0.2) is 11.9 Å². The number of sulfonamides is 1. The fraction of sp³-hybridized carbons (Fsp3) is 0.200. The molecule has 0 fully saturated rings. The topological polar surface area (TPSA) is 111 Å². The third kappa shape index (κ3) is 5.31. The highest BCUT2D eigenvalue weighted by atomic mass is 35.5. The summed E-state index contributed by atoms with van der Waals surface area (Å²) in [5.41, 5.74) is 1.27. The Hall–Kier alpha value is -3.04. The number of nitrogens with zero attached hydrogens (tertiary/aromatic N) is 1. The van der Waals surface area contributed by atoms with E-state index in [-0.39, 0.29) is 16.6 Å². The van der Waals surface area contributed by atoms with Crippen LogP contribution < -0.4 is 14.8 Å². The van der Waals surface area contributed by atoms with Crippen LogP contribution >= 0.6 is 11.6 Å². The van der Waals surface area contributed by atoms with E-state index in [0.29, 0.717) is 22.2 Å². The zero-order chi connectivity index (χ0) is 21.9. The minimum atomic E-state index is -3.83. The maximum atomic E-state index is 12.4. The molecular weight excluding hydrogens is 430 g/mol. The van der Waals surface area contributed by atoms with Gasteiger partial charge < -0.3 is 14.6 Å².